The quantitative estimate of drug-likeness (QED) is 0.276. The second-order valence-electron chi connectivity index (χ2n) is 8.37. The van der Waals surface area contributed by atoms with Crippen LogP contribution in [0.4, 0.5) is 0 Å². The number of aliphatic imine (C=N–C) groups is 4. The molecule has 0 amide bonds. The summed E-state index contributed by atoms with van der Waals surface area (Å²) in [4.78, 5) is 18.5. The zero-order valence-electron chi connectivity index (χ0n) is 22.1. The van der Waals surface area contributed by atoms with Crippen LogP contribution in [0.5, 0.6) is 0 Å². The van der Waals surface area contributed by atoms with E-state index < -0.39 is 0 Å². The van der Waals surface area contributed by atoms with Crippen LogP contribution in [-0.4, -0.2) is 128 Å². The maximum Gasteiger partial charge on any atom is 0.0525 e. The van der Waals surface area contributed by atoms with E-state index in [1.165, 1.54) is 0 Å². The second kappa shape index (κ2) is 21.9. The fourth-order valence-electron chi connectivity index (χ4n) is 3.13. The Morgan fingerprint density at radius 2 is 0.500 bits per heavy atom. The molecular formula is C24H50N10. The molecule has 10 heteroatoms. The summed E-state index contributed by atoms with van der Waals surface area (Å²) in [6.07, 6.45) is 0. The van der Waals surface area contributed by atoms with E-state index in [4.69, 9.17) is 0 Å². The topological polar surface area (TPSA) is 122 Å². The fraction of sp³-hybridized carbons (Fsp3) is 0.833. The maximum atomic E-state index is 4.63. The van der Waals surface area contributed by atoms with E-state index in [1.54, 1.807) is 0 Å². The van der Waals surface area contributed by atoms with Gasteiger partial charge in [-0.1, -0.05) is 0 Å². The lowest BCUT2D eigenvalue weighted by Gasteiger charge is -2.08. The van der Waals surface area contributed by atoms with Crippen molar-refractivity contribution >= 4 is 22.8 Å². The molecule has 0 atom stereocenters. The van der Waals surface area contributed by atoms with Crippen LogP contribution in [-0.2, 0) is 0 Å². The Morgan fingerprint density at radius 1 is 0.324 bits per heavy atom. The van der Waals surface area contributed by atoms with E-state index >= 15 is 0 Å². The molecule has 6 N–H and O–H groups in total. The van der Waals surface area contributed by atoms with Crippen molar-refractivity contribution in [2.75, 3.05) is 105 Å². The third-order valence-corrected chi connectivity index (χ3v) is 5.51. The largest absolute Gasteiger partial charge is 0.314 e. The summed E-state index contributed by atoms with van der Waals surface area (Å²) in [7, 11) is 0. The lowest BCUT2D eigenvalue weighted by Crippen LogP contribution is -2.34. The zero-order valence-corrected chi connectivity index (χ0v) is 22.1. The smallest absolute Gasteiger partial charge is 0.0525 e. The minimum Gasteiger partial charge on any atom is -0.314 e. The standard InChI is InChI=1S/C24H50N10/c1-21-22(2)32-18-14-28-10-6-26-8-12-30-16-20-34-24(4)23(3)33-19-15-29-11-7-25-5-9-27-13-17-31-21/h25-30H,5-20H2,1-4H3. The van der Waals surface area contributed by atoms with Gasteiger partial charge in [-0.05, 0) is 27.7 Å². The molecule has 0 aromatic heterocycles. The van der Waals surface area contributed by atoms with Crippen LogP contribution < -0.4 is 31.9 Å². The summed E-state index contributed by atoms with van der Waals surface area (Å²) in [6, 6.07) is 0. The molecule has 196 valence electrons. The average molecular weight is 479 g/mol. The third kappa shape index (κ3) is 17.9. The van der Waals surface area contributed by atoms with E-state index in [0.717, 1.165) is 128 Å². The highest BCUT2D eigenvalue weighted by Crippen LogP contribution is 1.87. The first-order valence-corrected chi connectivity index (χ1v) is 12.9. The number of nitrogens with zero attached hydrogens (tertiary/aromatic N) is 4. The van der Waals surface area contributed by atoms with Crippen molar-refractivity contribution in [1.29, 1.82) is 0 Å². The van der Waals surface area contributed by atoms with Gasteiger partial charge in [0.25, 0.3) is 0 Å². The minimum atomic E-state index is 0.781. The Labute approximate surface area is 207 Å². The molecule has 0 saturated heterocycles. The van der Waals surface area contributed by atoms with Gasteiger partial charge in [0.15, 0.2) is 0 Å². The van der Waals surface area contributed by atoms with E-state index in [1.807, 2.05) is 27.7 Å². The molecule has 1 aliphatic rings. The van der Waals surface area contributed by atoms with Crippen molar-refractivity contribution in [2.45, 2.75) is 27.7 Å². The molecule has 34 heavy (non-hydrogen) atoms. The Kier molecular flexibility index (Phi) is 19.7. The fourth-order valence-corrected chi connectivity index (χ4v) is 3.13. The summed E-state index contributed by atoms with van der Waals surface area (Å²) in [5.41, 5.74) is 4.11. The van der Waals surface area contributed by atoms with Gasteiger partial charge in [-0.3, -0.25) is 20.0 Å². The van der Waals surface area contributed by atoms with Gasteiger partial charge < -0.3 is 31.9 Å². The highest BCUT2D eigenvalue weighted by molar-refractivity contribution is 6.41. The molecule has 0 bridgehead atoms. The number of hydrogen-bond acceptors (Lipinski definition) is 10. The number of nitrogens with one attached hydrogen (secondary N) is 6. The van der Waals surface area contributed by atoms with Gasteiger partial charge in [-0.15, -0.1) is 0 Å². The average Bonchev–Trinajstić information content (AvgIpc) is 2.83. The van der Waals surface area contributed by atoms with Crippen molar-refractivity contribution in [3.63, 3.8) is 0 Å². The van der Waals surface area contributed by atoms with Crippen LogP contribution in [0, 0.1) is 0 Å². The number of hydrogen-bond donors (Lipinski definition) is 6. The van der Waals surface area contributed by atoms with Crippen molar-refractivity contribution in [3.8, 4) is 0 Å². The Morgan fingerprint density at radius 3 is 0.706 bits per heavy atom. The normalized spacial score (nSPS) is 22.0. The molecule has 1 rings (SSSR count). The van der Waals surface area contributed by atoms with Crippen molar-refractivity contribution in [1.82, 2.24) is 31.9 Å². The number of rotatable bonds is 0. The molecule has 1 aliphatic heterocycles. The molecular weight excluding hydrogens is 428 g/mol. The molecule has 0 aliphatic carbocycles. The van der Waals surface area contributed by atoms with Crippen molar-refractivity contribution in [3.05, 3.63) is 0 Å². The first kappa shape index (κ1) is 30.5. The molecule has 0 spiro atoms. The summed E-state index contributed by atoms with van der Waals surface area (Å²) < 4.78 is 0. The first-order valence-electron chi connectivity index (χ1n) is 12.9. The van der Waals surface area contributed by atoms with Crippen LogP contribution in [0.2, 0.25) is 0 Å². The SMILES string of the molecule is CC1=NCCNCCNCCNCCN=C(C)C(C)=NCCNCCNCCNCCN=C1C. The summed E-state index contributed by atoms with van der Waals surface area (Å²) >= 11 is 0. The Balaban J connectivity index is 2.37. The van der Waals surface area contributed by atoms with Crippen molar-refractivity contribution < 1.29 is 0 Å². The molecule has 10 nitrogen and oxygen atoms in total. The molecule has 0 fully saturated rings. The van der Waals surface area contributed by atoms with Gasteiger partial charge in [0, 0.05) is 78.5 Å². The molecule has 0 saturated carbocycles. The van der Waals surface area contributed by atoms with Gasteiger partial charge >= 0.3 is 0 Å². The molecule has 0 aromatic carbocycles. The van der Waals surface area contributed by atoms with Crippen LogP contribution >= 0.6 is 0 Å². The predicted octanol–water partition coefficient (Wildman–Crippen LogP) is -0.619. The summed E-state index contributed by atoms with van der Waals surface area (Å²) in [5.74, 6) is 0. The lowest BCUT2D eigenvalue weighted by atomic mass is 10.3. The van der Waals surface area contributed by atoms with Crippen LogP contribution in [0.3, 0.4) is 0 Å². The Hall–Kier alpha value is -1.56. The van der Waals surface area contributed by atoms with E-state index in [9.17, 15) is 0 Å². The molecule has 0 unspecified atom stereocenters. The lowest BCUT2D eigenvalue weighted by molar-refractivity contribution is 0.585. The summed E-state index contributed by atoms with van der Waals surface area (Å²) in [5, 5.41) is 20.6. The summed E-state index contributed by atoms with van der Waals surface area (Å²) in [6.45, 7) is 22.4. The zero-order chi connectivity index (χ0) is 24.7. The monoisotopic (exact) mass is 478 g/mol. The van der Waals surface area contributed by atoms with E-state index in [2.05, 4.69) is 51.9 Å². The van der Waals surface area contributed by atoms with Crippen LogP contribution in [0.1, 0.15) is 27.7 Å². The van der Waals surface area contributed by atoms with Gasteiger partial charge in [-0.25, -0.2) is 0 Å². The van der Waals surface area contributed by atoms with Gasteiger partial charge in [0.2, 0.25) is 0 Å². The van der Waals surface area contributed by atoms with Gasteiger partial charge in [-0.2, -0.15) is 0 Å². The third-order valence-electron chi connectivity index (χ3n) is 5.51. The van der Waals surface area contributed by atoms with Crippen molar-refractivity contribution in [2.24, 2.45) is 20.0 Å². The second-order valence-corrected chi connectivity index (χ2v) is 8.37. The van der Waals surface area contributed by atoms with Gasteiger partial charge in [0.1, 0.15) is 0 Å². The Bertz CT molecular complexity index is 521. The van der Waals surface area contributed by atoms with E-state index in [0.29, 0.717) is 0 Å². The highest BCUT2D eigenvalue weighted by atomic mass is 15.0. The maximum absolute atomic E-state index is 4.63. The van der Waals surface area contributed by atoms with E-state index in [-0.39, 0.29) is 0 Å². The molecule has 0 aromatic rings. The predicted molar refractivity (Wildman–Crippen MR) is 149 cm³/mol. The van der Waals surface area contributed by atoms with Gasteiger partial charge in [0.05, 0.1) is 49.0 Å². The molecule has 1 heterocycles. The minimum absolute atomic E-state index is 0.781. The van der Waals surface area contributed by atoms with Crippen LogP contribution in [0.15, 0.2) is 20.0 Å². The first-order chi connectivity index (χ1) is 16.6. The van der Waals surface area contributed by atoms with Crippen LogP contribution in [0.25, 0.3) is 0 Å². The highest BCUT2D eigenvalue weighted by Gasteiger charge is 1.98. The molecule has 0 radical (unpaired) electrons.